The molecule has 29 heavy (non-hydrogen) atoms. The summed E-state index contributed by atoms with van der Waals surface area (Å²) in [4.78, 5) is 11.1. The number of carbonyl (C=O) groups excluding carboxylic acids is 1. The summed E-state index contributed by atoms with van der Waals surface area (Å²) >= 11 is 0. The van der Waals surface area contributed by atoms with Gasteiger partial charge in [0.2, 0.25) is 0 Å². The van der Waals surface area contributed by atoms with Gasteiger partial charge in [-0.3, -0.25) is 0 Å². The summed E-state index contributed by atoms with van der Waals surface area (Å²) < 4.78 is 11.1. The molecule has 0 aromatic carbocycles. The summed E-state index contributed by atoms with van der Waals surface area (Å²) in [7, 11) is -0.169. The van der Waals surface area contributed by atoms with Gasteiger partial charge in [0.15, 0.2) is 8.32 Å². The molecule has 4 rings (SSSR count). The molecule has 0 saturated heterocycles. The highest BCUT2D eigenvalue weighted by atomic mass is 28.4. The molecule has 4 aliphatic carbocycles. The van der Waals surface area contributed by atoms with Crippen LogP contribution in [0.4, 0.5) is 0 Å². The minimum Gasteiger partial charge on any atom is -0.466 e. The number of allylic oxidation sites excluding steroid dienone is 3. The maximum Gasteiger partial charge on any atom is 0.330 e. The third kappa shape index (κ3) is 4.90. The molecule has 4 aliphatic rings. The van der Waals surface area contributed by atoms with Crippen molar-refractivity contribution in [2.45, 2.75) is 64.6 Å². The molecule has 4 saturated carbocycles. The van der Waals surface area contributed by atoms with Crippen LogP contribution in [-0.4, -0.2) is 28.0 Å². The molecule has 0 unspecified atom stereocenters. The minimum absolute atomic E-state index is 0.280. The highest BCUT2D eigenvalue weighted by Gasteiger charge is 2.63. The van der Waals surface area contributed by atoms with Gasteiger partial charge in [0.1, 0.15) is 0 Å². The van der Waals surface area contributed by atoms with Crippen LogP contribution in [0.25, 0.3) is 0 Å². The number of rotatable bonds is 9. The number of esters is 1. The van der Waals surface area contributed by atoms with E-state index in [0.717, 1.165) is 54.0 Å². The van der Waals surface area contributed by atoms with E-state index in [1.165, 1.54) is 38.9 Å². The highest BCUT2D eigenvalue weighted by molar-refractivity contribution is 6.74. The van der Waals surface area contributed by atoms with Crippen LogP contribution in [0.5, 0.6) is 0 Å². The Hall–Kier alpha value is -0.873. The summed E-state index contributed by atoms with van der Waals surface area (Å²) in [6.07, 6.45) is 13.4. The summed E-state index contributed by atoms with van der Waals surface area (Å²) in [6, 6.07) is 0. The minimum atomic E-state index is -1.58. The first-order valence-electron chi connectivity index (χ1n) is 11.7. The zero-order valence-electron chi connectivity index (χ0n) is 19.2. The fourth-order valence-electron chi connectivity index (χ4n) is 5.32. The molecule has 162 valence electrons. The molecule has 0 aromatic heterocycles. The largest absolute Gasteiger partial charge is 0.466 e. The van der Waals surface area contributed by atoms with E-state index in [0.29, 0.717) is 5.04 Å². The van der Waals surface area contributed by atoms with Crippen molar-refractivity contribution in [1.82, 2.24) is 0 Å². The Morgan fingerprint density at radius 1 is 0.931 bits per heavy atom. The number of hydrogen-bond donors (Lipinski definition) is 0. The third-order valence-electron chi connectivity index (χ3n) is 8.67. The second kappa shape index (κ2) is 7.67. The van der Waals surface area contributed by atoms with Crippen molar-refractivity contribution in [3.05, 3.63) is 24.3 Å². The summed E-state index contributed by atoms with van der Waals surface area (Å²) in [5.41, 5.74) is 0. The Labute approximate surface area is 178 Å². The molecule has 0 spiro atoms. The maximum atomic E-state index is 11.1. The predicted octanol–water partition coefficient (Wildman–Crippen LogP) is 5.84. The number of hydrogen-bond acceptors (Lipinski definition) is 3. The Morgan fingerprint density at radius 3 is 2.17 bits per heavy atom. The van der Waals surface area contributed by atoms with Gasteiger partial charge in [0.25, 0.3) is 0 Å². The lowest BCUT2D eigenvalue weighted by atomic mass is 10.1. The lowest BCUT2D eigenvalue weighted by Gasteiger charge is -2.36. The van der Waals surface area contributed by atoms with Gasteiger partial charge in [-0.1, -0.05) is 39.0 Å². The zero-order chi connectivity index (χ0) is 21.0. The van der Waals surface area contributed by atoms with Crippen molar-refractivity contribution in [2.75, 3.05) is 13.7 Å². The van der Waals surface area contributed by atoms with Gasteiger partial charge in [-0.05, 0) is 91.2 Å². The van der Waals surface area contributed by atoms with E-state index in [9.17, 15) is 4.79 Å². The van der Waals surface area contributed by atoms with Gasteiger partial charge >= 0.3 is 5.97 Å². The van der Waals surface area contributed by atoms with E-state index in [1.807, 2.05) is 12.2 Å². The molecular formula is C25H40O3Si. The van der Waals surface area contributed by atoms with E-state index in [-0.39, 0.29) is 5.97 Å². The molecule has 4 heteroatoms. The van der Waals surface area contributed by atoms with E-state index < -0.39 is 8.32 Å². The van der Waals surface area contributed by atoms with Crippen LogP contribution >= 0.6 is 0 Å². The van der Waals surface area contributed by atoms with Crippen LogP contribution in [0.15, 0.2) is 24.3 Å². The van der Waals surface area contributed by atoms with E-state index in [2.05, 4.69) is 44.7 Å². The molecule has 8 atom stereocenters. The van der Waals surface area contributed by atoms with Crippen LogP contribution in [0.3, 0.4) is 0 Å². The van der Waals surface area contributed by atoms with Gasteiger partial charge < -0.3 is 9.16 Å². The van der Waals surface area contributed by atoms with Crippen molar-refractivity contribution < 1.29 is 14.0 Å². The molecule has 4 fully saturated rings. The first-order chi connectivity index (χ1) is 13.6. The topological polar surface area (TPSA) is 35.5 Å². The van der Waals surface area contributed by atoms with Gasteiger partial charge in [0.05, 0.1) is 7.11 Å². The number of methoxy groups -OCH3 is 1. The lowest BCUT2D eigenvalue weighted by molar-refractivity contribution is -0.134. The lowest BCUT2D eigenvalue weighted by Crippen LogP contribution is -2.41. The van der Waals surface area contributed by atoms with Crippen molar-refractivity contribution >= 4 is 14.3 Å². The highest BCUT2D eigenvalue weighted by Crippen LogP contribution is 2.70. The maximum absolute atomic E-state index is 11.1. The molecule has 0 heterocycles. The van der Waals surface area contributed by atoms with Gasteiger partial charge in [0, 0.05) is 12.7 Å². The quantitative estimate of drug-likeness (QED) is 0.205. The molecule has 0 aliphatic heterocycles. The van der Waals surface area contributed by atoms with Crippen LogP contribution in [0.2, 0.25) is 18.1 Å². The van der Waals surface area contributed by atoms with Gasteiger partial charge in [-0.2, -0.15) is 0 Å². The zero-order valence-corrected chi connectivity index (χ0v) is 20.2. The Kier molecular flexibility index (Phi) is 5.65. The van der Waals surface area contributed by atoms with E-state index >= 15 is 0 Å². The average Bonchev–Trinajstić information content (AvgIpc) is 3.49. The Balaban J connectivity index is 1.14. The molecule has 0 aromatic rings. The predicted molar refractivity (Wildman–Crippen MR) is 120 cm³/mol. The normalized spacial score (nSPS) is 41.0. The van der Waals surface area contributed by atoms with E-state index in [4.69, 9.17) is 4.43 Å². The van der Waals surface area contributed by atoms with Crippen molar-refractivity contribution in [3.63, 3.8) is 0 Å². The summed E-state index contributed by atoms with van der Waals surface area (Å²) in [6.45, 7) is 12.8. The van der Waals surface area contributed by atoms with Crippen LogP contribution in [-0.2, 0) is 14.0 Å². The monoisotopic (exact) mass is 416 g/mol. The molecular weight excluding hydrogens is 376 g/mol. The molecule has 3 nitrogen and oxygen atoms in total. The Morgan fingerprint density at radius 2 is 1.55 bits per heavy atom. The fourth-order valence-corrected chi connectivity index (χ4v) is 6.38. The summed E-state index contributed by atoms with van der Waals surface area (Å²) in [5.74, 6) is 7.29. The van der Waals surface area contributed by atoms with Crippen molar-refractivity contribution in [3.8, 4) is 0 Å². The second-order valence-corrected chi connectivity index (χ2v) is 16.5. The number of carbonyl (C=O) groups is 1. The van der Waals surface area contributed by atoms with Crippen LogP contribution in [0, 0.1) is 47.3 Å². The molecule has 0 N–H and O–H groups in total. The smallest absolute Gasteiger partial charge is 0.330 e. The van der Waals surface area contributed by atoms with Gasteiger partial charge in [-0.15, -0.1) is 0 Å². The number of ether oxygens (including phenoxy) is 1. The summed E-state index contributed by atoms with van der Waals surface area (Å²) in [5, 5.41) is 0.324. The standard InChI is InChI=1S/C25H40O3Si/c1-25(2,3)29(5,6)28-15-17-12-19(17)21-14-23(21)22-13-20(22)18-11-16(18)9-7-8-10-24(26)27-4/h7-10,16-23H,11-15H2,1-6H3/b9-7+,10-8+/t16-,17+,18-,19-,20+,21+,22-,23-/m1/s1. The van der Waals surface area contributed by atoms with Crippen LogP contribution in [0.1, 0.15) is 46.5 Å². The van der Waals surface area contributed by atoms with Gasteiger partial charge in [-0.25, -0.2) is 4.79 Å². The van der Waals surface area contributed by atoms with Crippen molar-refractivity contribution in [2.24, 2.45) is 47.3 Å². The van der Waals surface area contributed by atoms with Crippen LogP contribution < -0.4 is 0 Å². The van der Waals surface area contributed by atoms with E-state index in [1.54, 1.807) is 0 Å². The third-order valence-corrected chi connectivity index (χ3v) is 13.2. The first-order valence-corrected chi connectivity index (χ1v) is 14.6. The SMILES string of the molecule is COC(=O)/C=C/C=C/[C@@H]1C[C@H]1[C@@H]1C[C@H]1[C@@H]1C[C@H]1[C@@H]1C[C@H]1CO[Si](C)(C)C(C)(C)C. The Bertz CT molecular complexity index is 689. The molecule has 0 amide bonds. The molecule has 0 radical (unpaired) electrons. The average molecular weight is 417 g/mol. The van der Waals surface area contributed by atoms with Crippen molar-refractivity contribution in [1.29, 1.82) is 0 Å². The molecule has 0 bridgehead atoms. The first kappa shape index (κ1) is 21.4. The second-order valence-electron chi connectivity index (χ2n) is 11.7. The fraction of sp³-hybridized carbons (Fsp3) is 0.800.